The van der Waals surface area contributed by atoms with Gasteiger partial charge in [-0.15, -0.1) is 0 Å². The van der Waals surface area contributed by atoms with E-state index in [1.54, 1.807) is 0 Å². The fourth-order valence-electron chi connectivity index (χ4n) is 2.60. The Balaban J connectivity index is 0.000000605. The fraction of sp³-hybridized carbons (Fsp3) is 0.900. The molecule has 0 amide bonds. The molecular formula is C10H17Na. The SMILES string of the molecule is CC1CCC2[C-](C1)C2(C)C.[Na+]. The molecule has 58 valence electrons. The summed E-state index contributed by atoms with van der Waals surface area (Å²) in [4.78, 5) is 0. The van der Waals surface area contributed by atoms with E-state index in [4.69, 9.17) is 0 Å². The standard InChI is InChI=1S/C10H17.Na/c1-7-4-5-8-9(6-7)10(8,2)3;/h7-8H,4-6H2,1-3H3;/q-1;+1. The molecule has 2 atom stereocenters. The molecular weight excluding hydrogens is 143 g/mol. The van der Waals surface area contributed by atoms with Crippen molar-refractivity contribution in [3.8, 4) is 0 Å². The van der Waals surface area contributed by atoms with E-state index in [9.17, 15) is 0 Å². The minimum absolute atomic E-state index is 0. The van der Waals surface area contributed by atoms with Crippen LogP contribution in [-0.4, -0.2) is 0 Å². The third-order valence-corrected chi connectivity index (χ3v) is 3.55. The number of rotatable bonds is 0. The summed E-state index contributed by atoms with van der Waals surface area (Å²) in [6, 6.07) is 0. The molecule has 2 aliphatic rings. The summed E-state index contributed by atoms with van der Waals surface area (Å²) >= 11 is 0. The van der Waals surface area contributed by atoms with Crippen molar-refractivity contribution in [2.45, 2.75) is 40.0 Å². The summed E-state index contributed by atoms with van der Waals surface area (Å²) in [5.41, 5.74) is 0.644. The zero-order valence-corrected chi connectivity index (χ0v) is 10.3. The first-order valence-electron chi connectivity index (χ1n) is 4.48. The Labute approximate surface area is 92.4 Å². The Morgan fingerprint density at radius 1 is 1.27 bits per heavy atom. The molecule has 0 aromatic carbocycles. The van der Waals surface area contributed by atoms with E-state index in [0.29, 0.717) is 5.41 Å². The van der Waals surface area contributed by atoms with E-state index in [0.717, 1.165) is 11.8 Å². The van der Waals surface area contributed by atoms with Crippen LogP contribution in [0.2, 0.25) is 0 Å². The molecule has 2 aliphatic carbocycles. The van der Waals surface area contributed by atoms with Crippen molar-refractivity contribution in [2.24, 2.45) is 17.3 Å². The molecule has 2 saturated carbocycles. The van der Waals surface area contributed by atoms with Crippen LogP contribution in [0.25, 0.3) is 0 Å². The maximum Gasteiger partial charge on any atom is 1.00 e. The molecule has 0 aliphatic heterocycles. The van der Waals surface area contributed by atoms with Crippen LogP contribution >= 0.6 is 0 Å². The van der Waals surface area contributed by atoms with Gasteiger partial charge >= 0.3 is 29.6 Å². The van der Waals surface area contributed by atoms with E-state index in [1.807, 2.05) is 5.92 Å². The van der Waals surface area contributed by atoms with Gasteiger partial charge in [0.05, 0.1) is 0 Å². The third-order valence-electron chi connectivity index (χ3n) is 3.55. The van der Waals surface area contributed by atoms with Crippen LogP contribution in [0.15, 0.2) is 0 Å². The molecule has 0 nitrogen and oxygen atoms in total. The van der Waals surface area contributed by atoms with Crippen molar-refractivity contribution in [3.05, 3.63) is 5.92 Å². The zero-order chi connectivity index (χ0) is 7.35. The van der Waals surface area contributed by atoms with Crippen LogP contribution in [0.5, 0.6) is 0 Å². The largest absolute Gasteiger partial charge is 1.00 e. The molecule has 2 unspecified atom stereocenters. The Morgan fingerprint density at radius 2 is 1.91 bits per heavy atom. The second-order valence-corrected chi connectivity index (χ2v) is 4.69. The molecule has 0 aromatic rings. The number of hydrogen-bond donors (Lipinski definition) is 0. The normalized spacial score (nSPS) is 40.6. The summed E-state index contributed by atoms with van der Waals surface area (Å²) in [6.45, 7) is 7.20. The molecule has 0 aromatic heterocycles. The second-order valence-electron chi connectivity index (χ2n) is 4.69. The summed E-state index contributed by atoms with van der Waals surface area (Å²) in [5.74, 6) is 3.86. The van der Waals surface area contributed by atoms with Crippen LogP contribution in [0, 0.1) is 23.2 Å². The van der Waals surface area contributed by atoms with Gasteiger partial charge in [0.15, 0.2) is 0 Å². The Hall–Kier alpha value is 1.00. The monoisotopic (exact) mass is 160 g/mol. The molecule has 0 radical (unpaired) electrons. The predicted molar refractivity (Wildman–Crippen MR) is 43.5 cm³/mol. The van der Waals surface area contributed by atoms with Crippen molar-refractivity contribution < 1.29 is 29.6 Å². The van der Waals surface area contributed by atoms with Gasteiger partial charge in [0.25, 0.3) is 0 Å². The van der Waals surface area contributed by atoms with E-state index in [1.165, 1.54) is 19.3 Å². The van der Waals surface area contributed by atoms with Gasteiger partial charge in [-0.05, 0) is 0 Å². The van der Waals surface area contributed by atoms with Gasteiger partial charge in [0, 0.05) is 0 Å². The van der Waals surface area contributed by atoms with E-state index in [-0.39, 0.29) is 29.6 Å². The first kappa shape index (κ1) is 10.1. The van der Waals surface area contributed by atoms with E-state index in [2.05, 4.69) is 20.8 Å². The van der Waals surface area contributed by atoms with Crippen LogP contribution in [0.1, 0.15) is 40.0 Å². The van der Waals surface area contributed by atoms with Gasteiger partial charge in [0.1, 0.15) is 0 Å². The van der Waals surface area contributed by atoms with Crippen molar-refractivity contribution in [2.75, 3.05) is 0 Å². The van der Waals surface area contributed by atoms with E-state index < -0.39 is 0 Å². The summed E-state index contributed by atoms with van der Waals surface area (Å²) in [7, 11) is 0. The molecule has 11 heavy (non-hydrogen) atoms. The average molecular weight is 160 g/mol. The van der Waals surface area contributed by atoms with Gasteiger partial charge in [-0.2, -0.15) is 17.8 Å². The van der Waals surface area contributed by atoms with Crippen LogP contribution in [0.4, 0.5) is 0 Å². The minimum Gasteiger partial charge on any atom is -0.309 e. The Kier molecular flexibility index (Phi) is 2.79. The Bertz CT molecular complexity index is 151. The molecule has 2 fully saturated rings. The summed E-state index contributed by atoms with van der Waals surface area (Å²) < 4.78 is 0. The number of fused-ring (bicyclic) bond motifs is 1. The first-order valence-corrected chi connectivity index (χ1v) is 4.48. The Morgan fingerprint density at radius 3 is 2.36 bits per heavy atom. The van der Waals surface area contributed by atoms with Crippen molar-refractivity contribution in [1.82, 2.24) is 0 Å². The topological polar surface area (TPSA) is 0 Å². The zero-order valence-electron chi connectivity index (χ0n) is 8.28. The van der Waals surface area contributed by atoms with Gasteiger partial charge < -0.3 is 5.92 Å². The van der Waals surface area contributed by atoms with Gasteiger partial charge in [0.2, 0.25) is 0 Å². The van der Waals surface area contributed by atoms with Crippen molar-refractivity contribution in [1.29, 1.82) is 0 Å². The third kappa shape index (κ3) is 1.55. The minimum atomic E-state index is 0. The molecule has 0 spiro atoms. The van der Waals surface area contributed by atoms with Gasteiger partial charge in [-0.25, -0.2) is 0 Å². The summed E-state index contributed by atoms with van der Waals surface area (Å²) in [6.07, 6.45) is 4.37. The maximum atomic E-state index is 2.41. The quantitative estimate of drug-likeness (QED) is 0.347. The van der Waals surface area contributed by atoms with Crippen LogP contribution in [-0.2, 0) is 0 Å². The maximum absolute atomic E-state index is 2.41. The second kappa shape index (κ2) is 3.05. The molecule has 0 bridgehead atoms. The first-order chi connectivity index (χ1) is 4.62. The van der Waals surface area contributed by atoms with Gasteiger partial charge in [-0.1, -0.05) is 39.5 Å². The van der Waals surface area contributed by atoms with Crippen LogP contribution < -0.4 is 29.6 Å². The smallest absolute Gasteiger partial charge is 0.309 e. The van der Waals surface area contributed by atoms with E-state index >= 15 is 0 Å². The fourth-order valence-corrected chi connectivity index (χ4v) is 2.60. The van der Waals surface area contributed by atoms with Gasteiger partial charge in [-0.3, -0.25) is 0 Å². The van der Waals surface area contributed by atoms with Crippen molar-refractivity contribution >= 4 is 0 Å². The average Bonchev–Trinajstić information content (AvgIpc) is 2.36. The molecule has 0 heterocycles. The summed E-state index contributed by atoms with van der Waals surface area (Å²) in [5, 5.41) is 0. The molecule has 0 N–H and O–H groups in total. The number of hydrogen-bond acceptors (Lipinski definition) is 0. The van der Waals surface area contributed by atoms with Crippen molar-refractivity contribution in [3.63, 3.8) is 0 Å². The molecule has 2 rings (SSSR count). The predicted octanol–water partition coefficient (Wildman–Crippen LogP) is 0.0409. The molecule has 1 heteroatoms. The molecule has 0 saturated heterocycles. The van der Waals surface area contributed by atoms with Crippen LogP contribution in [0.3, 0.4) is 0 Å².